The molecule has 0 saturated carbocycles. The van der Waals surface area contributed by atoms with Crippen LogP contribution in [0.1, 0.15) is 43.8 Å². The third kappa shape index (κ3) is 5.69. The number of anilines is 1. The fraction of sp³-hybridized carbons (Fsp3) is 0.393. The van der Waals surface area contributed by atoms with Crippen molar-refractivity contribution in [1.29, 1.82) is 0 Å². The minimum Gasteiger partial charge on any atom is -0.491 e. The summed E-state index contributed by atoms with van der Waals surface area (Å²) in [6, 6.07) is 6.65. The van der Waals surface area contributed by atoms with Crippen LogP contribution >= 0.6 is 0 Å². The van der Waals surface area contributed by atoms with Crippen LogP contribution < -0.4 is 10.1 Å². The van der Waals surface area contributed by atoms with Gasteiger partial charge in [0.25, 0.3) is 0 Å². The Morgan fingerprint density at radius 3 is 2.54 bits per heavy atom. The van der Waals surface area contributed by atoms with Crippen molar-refractivity contribution in [2.45, 2.75) is 45.3 Å². The Hall–Kier alpha value is -3.70. The van der Waals surface area contributed by atoms with Gasteiger partial charge in [0.15, 0.2) is 0 Å². The fourth-order valence-corrected chi connectivity index (χ4v) is 4.26. The molecule has 0 saturated heterocycles. The highest BCUT2D eigenvalue weighted by molar-refractivity contribution is 5.94. The molecule has 2 aromatic heterocycles. The normalized spacial score (nSPS) is 13.1. The van der Waals surface area contributed by atoms with Gasteiger partial charge < -0.3 is 19.9 Å². The third-order valence-corrected chi connectivity index (χ3v) is 6.42. The van der Waals surface area contributed by atoms with E-state index in [4.69, 9.17) is 9.47 Å². The maximum atomic E-state index is 15.4. The summed E-state index contributed by atoms with van der Waals surface area (Å²) in [5.74, 6) is -3.50. The molecule has 8 nitrogen and oxygen atoms in total. The number of ether oxygens (including phenoxy) is 2. The number of rotatable bonds is 10. The maximum Gasteiger partial charge on any atom is 0.303 e. The fourth-order valence-electron chi connectivity index (χ4n) is 4.26. The van der Waals surface area contributed by atoms with Crippen LogP contribution in [0.3, 0.4) is 0 Å². The molecular weight excluding hydrogens is 511 g/mol. The van der Waals surface area contributed by atoms with Crippen molar-refractivity contribution in [2.75, 3.05) is 25.6 Å². The lowest BCUT2D eigenvalue weighted by Crippen LogP contribution is -2.41. The summed E-state index contributed by atoms with van der Waals surface area (Å²) in [7, 11) is 3.40. The van der Waals surface area contributed by atoms with Crippen LogP contribution in [0.25, 0.3) is 22.0 Å². The lowest BCUT2D eigenvalue weighted by molar-refractivity contribution is -0.170. The second-order valence-electron chi connectivity index (χ2n) is 9.94. The molecule has 0 unspecified atom stereocenters. The predicted molar refractivity (Wildman–Crippen MR) is 142 cm³/mol. The summed E-state index contributed by atoms with van der Waals surface area (Å²) in [6.07, 6.45) is 3.58. The van der Waals surface area contributed by atoms with Crippen molar-refractivity contribution in [3.63, 3.8) is 0 Å². The van der Waals surface area contributed by atoms with Gasteiger partial charge in [0, 0.05) is 42.4 Å². The molecule has 4 rings (SSSR count). The van der Waals surface area contributed by atoms with Crippen LogP contribution in [0, 0.1) is 12.7 Å². The van der Waals surface area contributed by atoms with E-state index in [9.17, 15) is 13.9 Å². The van der Waals surface area contributed by atoms with Crippen molar-refractivity contribution in [1.82, 2.24) is 19.7 Å². The van der Waals surface area contributed by atoms with Crippen LogP contribution in [-0.4, -0.2) is 50.8 Å². The topological polar surface area (TPSA) is 94.3 Å². The van der Waals surface area contributed by atoms with E-state index in [-0.39, 0.29) is 5.56 Å². The van der Waals surface area contributed by atoms with Crippen LogP contribution in [0.15, 0.2) is 42.7 Å². The van der Waals surface area contributed by atoms with Gasteiger partial charge in [-0.2, -0.15) is 13.9 Å². The molecular formula is C28H32F3N5O3. The lowest BCUT2D eigenvalue weighted by Gasteiger charge is -2.30. The summed E-state index contributed by atoms with van der Waals surface area (Å²) < 4.78 is 57.9. The van der Waals surface area contributed by atoms with Gasteiger partial charge in [-0.3, -0.25) is 4.68 Å². The first-order valence-corrected chi connectivity index (χ1v) is 12.4. The van der Waals surface area contributed by atoms with E-state index in [2.05, 4.69) is 20.4 Å². The number of aromatic nitrogens is 4. The monoisotopic (exact) mass is 543 g/mol. The number of halogens is 3. The zero-order valence-electron chi connectivity index (χ0n) is 22.7. The van der Waals surface area contributed by atoms with Gasteiger partial charge in [-0.25, -0.2) is 14.4 Å². The van der Waals surface area contributed by atoms with Gasteiger partial charge in [0.2, 0.25) is 0 Å². The Morgan fingerprint density at radius 2 is 1.90 bits per heavy atom. The van der Waals surface area contributed by atoms with Crippen LogP contribution in [0.2, 0.25) is 0 Å². The predicted octanol–water partition coefficient (Wildman–Crippen LogP) is 5.54. The second kappa shape index (κ2) is 10.8. The molecule has 39 heavy (non-hydrogen) atoms. The average Bonchev–Trinajstić information content (AvgIpc) is 3.29. The Morgan fingerprint density at radius 1 is 1.15 bits per heavy atom. The number of aliphatic hydroxyl groups is 1. The highest BCUT2D eigenvalue weighted by Gasteiger charge is 2.49. The van der Waals surface area contributed by atoms with Crippen molar-refractivity contribution in [2.24, 2.45) is 7.05 Å². The molecule has 0 bridgehead atoms. The Labute approximate surface area is 224 Å². The number of hydrogen-bond acceptors (Lipinski definition) is 7. The first-order valence-electron chi connectivity index (χ1n) is 12.4. The van der Waals surface area contributed by atoms with Crippen molar-refractivity contribution >= 4 is 16.7 Å². The molecule has 1 atom stereocenters. The maximum absolute atomic E-state index is 15.4. The number of fused-ring (bicyclic) bond motifs is 1. The number of alkyl halides is 2. The number of nitrogens with one attached hydrogen (secondary N) is 1. The number of methoxy groups -OCH3 is 1. The van der Waals surface area contributed by atoms with E-state index in [1.54, 1.807) is 37.9 Å². The summed E-state index contributed by atoms with van der Waals surface area (Å²) in [5, 5.41) is 18.0. The van der Waals surface area contributed by atoms with Gasteiger partial charge in [0.05, 0.1) is 29.9 Å². The first-order chi connectivity index (χ1) is 18.3. The molecule has 208 valence electrons. The second-order valence-corrected chi connectivity index (χ2v) is 9.94. The molecule has 0 radical (unpaired) electrons. The molecule has 11 heteroatoms. The minimum absolute atomic E-state index is 0.00406. The molecule has 0 aliphatic rings. The Bertz CT molecular complexity index is 1480. The standard InChI is InChI=1S/C28H32F3N5O3/c1-16(19-8-7-9-22(25(19)29)28(30,31)27(3,4)37)33-26-21-13-24(39-11-10-38-6)20(18-14-32-36(5)15-18)12-23(21)34-17(2)35-26/h7-9,12-16,37H,10-11H2,1-6H3,(H,33,34,35)/t16-/m1/s1. The molecule has 2 N–H and O–H groups in total. The quantitative estimate of drug-likeness (QED) is 0.254. The van der Waals surface area contributed by atoms with E-state index in [0.717, 1.165) is 31.0 Å². The summed E-state index contributed by atoms with van der Waals surface area (Å²) in [4.78, 5) is 9.10. The highest BCUT2D eigenvalue weighted by atomic mass is 19.3. The smallest absolute Gasteiger partial charge is 0.303 e. The van der Waals surface area contributed by atoms with Crippen molar-refractivity contribution < 1.29 is 27.8 Å². The zero-order valence-corrected chi connectivity index (χ0v) is 22.7. The third-order valence-electron chi connectivity index (χ3n) is 6.42. The van der Waals surface area contributed by atoms with Gasteiger partial charge in [0.1, 0.15) is 35.4 Å². The Balaban J connectivity index is 1.78. The largest absolute Gasteiger partial charge is 0.491 e. The summed E-state index contributed by atoms with van der Waals surface area (Å²) >= 11 is 0. The Kier molecular flexibility index (Phi) is 7.85. The molecule has 0 fully saturated rings. The van der Waals surface area contributed by atoms with E-state index in [1.807, 2.05) is 19.3 Å². The molecule has 2 heterocycles. The first kappa shape index (κ1) is 28.3. The average molecular weight is 544 g/mol. The van der Waals surface area contributed by atoms with Crippen LogP contribution in [0.5, 0.6) is 5.75 Å². The minimum atomic E-state index is -3.80. The number of hydrogen-bond donors (Lipinski definition) is 2. The summed E-state index contributed by atoms with van der Waals surface area (Å²) in [5.41, 5.74) is -1.11. The number of aryl methyl sites for hydroxylation is 2. The van der Waals surface area contributed by atoms with E-state index >= 15 is 4.39 Å². The molecule has 0 amide bonds. The van der Waals surface area contributed by atoms with E-state index in [1.165, 1.54) is 12.1 Å². The SMILES string of the molecule is COCCOc1cc2c(N[C@H](C)c3cccc(C(F)(F)C(C)(C)O)c3F)nc(C)nc2cc1-c1cnn(C)c1. The molecule has 0 aliphatic heterocycles. The number of benzene rings is 2. The van der Waals surface area contributed by atoms with Gasteiger partial charge in [-0.15, -0.1) is 0 Å². The molecule has 0 aliphatic carbocycles. The van der Waals surface area contributed by atoms with Crippen LogP contribution in [-0.2, 0) is 17.7 Å². The van der Waals surface area contributed by atoms with E-state index < -0.39 is 28.9 Å². The molecule has 4 aromatic rings. The summed E-state index contributed by atoms with van der Waals surface area (Å²) in [6.45, 7) is 5.95. The van der Waals surface area contributed by atoms with Gasteiger partial charge >= 0.3 is 5.92 Å². The van der Waals surface area contributed by atoms with Crippen molar-refractivity contribution in [3.05, 3.63) is 65.5 Å². The van der Waals surface area contributed by atoms with Crippen molar-refractivity contribution in [3.8, 4) is 16.9 Å². The number of nitrogens with zero attached hydrogens (tertiary/aromatic N) is 4. The van der Waals surface area contributed by atoms with E-state index in [0.29, 0.717) is 41.5 Å². The molecule has 0 spiro atoms. The highest BCUT2D eigenvalue weighted by Crippen LogP contribution is 2.42. The van der Waals surface area contributed by atoms with Crippen LogP contribution in [0.4, 0.5) is 19.0 Å². The van der Waals surface area contributed by atoms with Gasteiger partial charge in [-0.1, -0.05) is 12.1 Å². The zero-order chi connectivity index (χ0) is 28.5. The molecule has 2 aromatic carbocycles. The lowest BCUT2D eigenvalue weighted by atomic mass is 9.91. The van der Waals surface area contributed by atoms with Gasteiger partial charge in [-0.05, 0) is 45.9 Å².